The summed E-state index contributed by atoms with van der Waals surface area (Å²) < 4.78 is 4.61. The number of nitrogens with two attached hydrogens (primary N) is 4. The molecular formula is C22H49N8+. The van der Waals surface area contributed by atoms with Crippen LogP contribution in [0.5, 0.6) is 0 Å². The minimum Gasteiger partial charge on any atom is -0.330 e. The van der Waals surface area contributed by atoms with Crippen molar-refractivity contribution in [2.75, 3.05) is 65.4 Å². The van der Waals surface area contributed by atoms with Crippen molar-refractivity contribution < 1.29 is 4.57 Å². The molecule has 0 aliphatic heterocycles. The van der Waals surface area contributed by atoms with E-state index >= 15 is 0 Å². The van der Waals surface area contributed by atoms with Crippen molar-refractivity contribution in [1.29, 1.82) is 0 Å². The van der Waals surface area contributed by atoms with E-state index in [1.165, 1.54) is 12.8 Å². The first-order valence-corrected chi connectivity index (χ1v) is 12.0. The van der Waals surface area contributed by atoms with E-state index in [1.54, 1.807) is 0 Å². The number of rotatable bonds is 21. The van der Waals surface area contributed by atoms with Crippen LogP contribution < -0.4 is 27.5 Å². The van der Waals surface area contributed by atoms with Gasteiger partial charge >= 0.3 is 0 Å². The Morgan fingerprint density at radius 1 is 0.600 bits per heavy atom. The molecule has 1 aromatic rings. The molecule has 0 fully saturated rings. The topological polar surface area (TPSA) is 119 Å². The van der Waals surface area contributed by atoms with Crippen molar-refractivity contribution in [1.82, 2.24) is 14.4 Å². The largest absolute Gasteiger partial charge is 0.330 e. The summed E-state index contributed by atoms with van der Waals surface area (Å²) in [6, 6.07) is 0. The molecule has 8 N–H and O–H groups in total. The molecule has 176 valence electrons. The van der Waals surface area contributed by atoms with Gasteiger partial charge < -0.3 is 32.7 Å². The Labute approximate surface area is 184 Å². The maximum atomic E-state index is 5.67. The Kier molecular flexibility index (Phi) is 16.8. The van der Waals surface area contributed by atoms with Crippen molar-refractivity contribution in [3.8, 4) is 0 Å². The fourth-order valence-electron chi connectivity index (χ4n) is 3.74. The number of imidazole rings is 1. The first-order chi connectivity index (χ1) is 14.7. The van der Waals surface area contributed by atoms with Gasteiger partial charge in [0.1, 0.15) is 12.4 Å². The van der Waals surface area contributed by atoms with Gasteiger partial charge in [0.2, 0.25) is 6.33 Å². The van der Waals surface area contributed by atoms with E-state index in [1.807, 2.05) is 0 Å². The molecular weight excluding hydrogens is 376 g/mol. The molecule has 0 aliphatic rings. The van der Waals surface area contributed by atoms with E-state index in [4.69, 9.17) is 22.9 Å². The van der Waals surface area contributed by atoms with Crippen molar-refractivity contribution >= 4 is 0 Å². The zero-order chi connectivity index (χ0) is 21.9. The molecule has 30 heavy (non-hydrogen) atoms. The average molecular weight is 426 g/mol. The molecule has 0 saturated heterocycles. The molecule has 0 aromatic carbocycles. The van der Waals surface area contributed by atoms with E-state index < -0.39 is 0 Å². The number of aryl methyl sites for hydroxylation is 2. The third kappa shape index (κ3) is 13.3. The fraction of sp³-hybridized carbons (Fsp3) is 0.864. The number of unbranched alkanes of at least 4 members (excludes halogenated alkanes) is 1. The van der Waals surface area contributed by atoms with E-state index in [0.717, 1.165) is 111 Å². The van der Waals surface area contributed by atoms with Crippen LogP contribution in [0, 0.1) is 0 Å². The summed E-state index contributed by atoms with van der Waals surface area (Å²) in [6.07, 6.45) is 14.4. The summed E-state index contributed by atoms with van der Waals surface area (Å²) >= 11 is 0. The predicted molar refractivity (Wildman–Crippen MR) is 126 cm³/mol. The normalized spacial score (nSPS) is 11.8. The summed E-state index contributed by atoms with van der Waals surface area (Å²) in [5.74, 6) is 0. The quantitative estimate of drug-likeness (QED) is 0.162. The van der Waals surface area contributed by atoms with Gasteiger partial charge in [0.15, 0.2) is 0 Å². The molecule has 0 radical (unpaired) electrons. The molecule has 1 aromatic heterocycles. The summed E-state index contributed by atoms with van der Waals surface area (Å²) in [5, 5.41) is 0. The van der Waals surface area contributed by atoms with Gasteiger partial charge in [0, 0.05) is 6.54 Å². The van der Waals surface area contributed by atoms with Crippen LogP contribution in [0.3, 0.4) is 0 Å². The highest BCUT2D eigenvalue weighted by Crippen LogP contribution is 2.01. The van der Waals surface area contributed by atoms with Crippen LogP contribution in [0.1, 0.15) is 44.9 Å². The first-order valence-electron chi connectivity index (χ1n) is 12.0. The van der Waals surface area contributed by atoms with Crippen LogP contribution in [0.15, 0.2) is 18.7 Å². The highest BCUT2D eigenvalue weighted by atomic mass is 15.1. The Bertz CT molecular complexity index is 477. The van der Waals surface area contributed by atoms with E-state index in [-0.39, 0.29) is 0 Å². The van der Waals surface area contributed by atoms with Gasteiger partial charge in [-0.1, -0.05) is 0 Å². The summed E-state index contributed by atoms with van der Waals surface area (Å²) in [6.45, 7) is 11.8. The van der Waals surface area contributed by atoms with Crippen LogP contribution in [-0.2, 0) is 13.1 Å². The Morgan fingerprint density at radius 2 is 1.07 bits per heavy atom. The number of nitrogens with zero attached hydrogens (tertiary/aromatic N) is 4. The molecule has 1 heterocycles. The second-order valence-corrected chi connectivity index (χ2v) is 8.20. The molecule has 1 rings (SSSR count). The smallest absolute Gasteiger partial charge is 0.243 e. The van der Waals surface area contributed by atoms with E-state index in [2.05, 4.69) is 37.7 Å². The first kappa shape index (κ1) is 27.0. The number of aromatic nitrogens is 2. The second kappa shape index (κ2) is 18.7. The van der Waals surface area contributed by atoms with Crippen molar-refractivity contribution in [3.05, 3.63) is 18.7 Å². The van der Waals surface area contributed by atoms with Crippen molar-refractivity contribution in [3.63, 3.8) is 0 Å². The van der Waals surface area contributed by atoms with E-state index in [9.17, 15) is 0 Å². The lowest BCUT2D eigenvalue weighted by atomic mass is 10.2. The minimum atomic E-state index is 0.758. The second-order valence-electron chi connectivity index (χ2n) is 8.20. The Morgan fingerprint density at radius 3 is 1.57 bits per heavy atom. The third-order valence-electron chi connectivity index (χ3n) is 5.49. The van der Waals surface area contributed by atoms with Crippen molar-refractivity contribution in [2.45, 2.75) is 58.0 Å². The van der Waals surface area contributed by atoms with Crippen LogP contribution in [0.2, 0.25) is 0 Å². The summed E-state index contributed by atoms with van der Waals surface area (Å²) in [5.41, 5.74) is 22.7. The summed E-state index contributed by atoms with van der Waals surface area (Å²) in [7, 11) is 0. The maximum absolute atomic E-state index is 5.67. The maximum Gasteiger partial charge on any atom is 0.243 e. The van der Waals surface area contributed by atoms with Crippen molar-refractivity contribution in [2.24, 2.45) is 22.9 Å². The Balaban J connectivity index is 2.25. The lowest BCUT2D eigenvalue weighted by Crippen LogP contribution is -2.35. The fourth-order valence-corrected chi connectivity index (χ4v) is 3.74. The average Bonchev–Trinajstić information content (AvgIpc) is 3.21. The molecule has 0 aliphatic carbocycles. The van der Waals surface area contributed by atoms with Crippen LogP contribution in [0.4, 0.5) is 0 Å². The van der Waals surface area contributed by atoms with E-state index in [0.29, 0.717) is 0 Å². The molecule has 0 spiro atoms. The van der Waals surface area contributed by atoms with Gasteiger partial charge in [-0.25, -0.2) is 9.13 Å². The molecule has 8 nitrogen and oxygen atoms in total. The Hall–Kier alpha value is -1.03. The van der Waals surface area contributed by atoms with Crippen LogP contribution in [0.25, 0.3) is 0 Å². The zero-order valence-electron chi connectivity index (χ0n) is 19.3. The highest BCUT2D eigenvalue weighted by molar-refractivity contribution is 4.67. The lowest BCUT2D eigenvalue weighted by molar-refractivity contribution is -0.696. The number of hydrogen-bond donors (Lipinski definition) is 4. The molecule has 0 bridgehead atoms. The molecule has 0 amide bonds. The number of hydrogen-bond acceptors (Lipinski definition) is 6. The van der Waals surface area contributed by atoms with Gasteiger partial charge in [-0.15, -0.1) is 0 Å². The third-order valence-corrected chi connectivity index (χ3v) is 5.49. The molecule has 0 saturated carbocycles. The molecule has 0 atom stereocenters. The zero-order valence-corrected chi connectivity index (χ0v) is 19.3. The lowest BCUT2D eigenvalue weighted by Gasteiger charge is -2.21. The summed E-state index contributed by atoms with van der Waals surface area (Å²) in [4.78, 5) is 5.01. The standard InChI is InChI=1S/C22H49N8/c23-8-3-14-27(15-4-9-24)12-1-2-13-29-20-21-30(22-29)19-7-18-28(16-5-10-25)17-6-11-26/h20-22H,1-19,23-26H2/q+1. The SMILES string of the molecule is NCCCN(CCCN)CCCCn1cc[n+](CCCN(CCCN)CCCN)c1. The minimum absolute atomic E-state index is 0.758. The van der Waals surface area contributed by atoms with Gasteiger partial charge in [0.05, 0.1) is 13.1 Å². The highest BCUT2D eigenvalue weighted by Gasteiger charge is 2.08. The van der Waals surface area contributed by atoms with Gasteiger partial charge in [-0.3, -0.25) is 0 Å². The molecule has 8 heteroatoms. The molecule has 0 unspecified atom stereocenters. The van der Waals surface area contributed by atoms with Gasteiger partial charge in [-0.05, 0) is 104 Å². The van der Waals surface area contributed by atoms with Crippen LogP contribution in [-0.4, -0.2) is 79.8 Å². The van der Waals surface area contributed by atoms with Gasteiger partial charge in [-0.2, -0.15) is 0 Å². The monoisotopic (exact) mass is 425 g/mol. The van der Waals surface area contributed by atoms with Gasteiger partial charge in [0.25, 0.3) is 0 Å². The predicted octanol–water partition coefficient (Wildman–Crippen LogP) is -0.0549. The van der Waals surface area contributed by atoms with Crippen LogP contribution >= 0.6 is 0 Å².